The standard InChI is InChI=1S/C16H23N5O/c1-11-8-19(3)15(17-11)13-6-5-7-21(9-13)16(22)14-10-20(4)18-12(14)2/h8,10,13H,5-7,9H2,1-4H3/t13-/m0/s1. The van der Waals surface area contributed by atoms with Crippen LogP contribution in [0.4, 0.5) is 0 Å². The summed E-state index contributed by atoms with van der Waals surface area (Å²) in [5.41, 5.74) is 2.53. The van der Waals surface area contributed by atoms with Crippen molar-refractivity contribution in [2.75, 3.05) is 13.1 Å². The summed E-state index contributed by atoms with van der Waals surface area (Å²) in [6, 6.07) is 0. The molecule has 0 spiro atoms. The molecule has 3 rings (SSSR count). The number of aromatic nitrogens is 4. The average Bonchev–Trinajstić information content (AvgIpc) is 2.99. The average molecular weight is 301 g/mol. The lowest BCUT2D eigenvalue weighted by Crippen LogP contribution is -2.39. The number of imidazole rings is 1. The summed E-state index contributed by atoms with van der Waals surface area (Å²) in [4.78, 5) is 19.3. The smallest absolute Gasteiger partial charge is 0.257 e. The summed E-state index contributed by atoms with van der Waals surface area (Å²) in [5, 5.41) is 4.27. The first-order valence-electron chi connectivity index (χ1n) is 7.75. The van der Waals surface area contributed by atoms with Gasteiger partial charge in [0, 0.05) is 45.5 Å². The Morgan fingerprint density at radius 2 is 2.05 bits per heavy atom. The summed E-state index contributed by atoms with van der Waals surface area (Å²) in [6.07, 6.45) is 5.95. The molecule has 1 saturated heterocycles. The monoisotopic (exact) mass is 301 g/mol. The van der Waals surface area contributed by atoms with Crippen LogP contribution in [0.3, 0.4) is 0 Å². The number of likely N-dealkylation sites (tertiary alicyclic amines) is 1. The van der Waals surface area contributed by atoms with E-state index in [1.54, 1.807) is 4.68 Å². The summed E-state index contributed by atoms with van der Waals surface area (Å²) >= 11 is 0. The lowest BCUT2D eigenvalue weighted by molar-refractivity contribution is 0.0703. The predicted octanol–water partition coefficient (Wildman–Crippen LogP) is 1.79. The molecular formula is C16H23N5O. The second kappa shape index (κ2) is 5.59. The van der Waals surface area contributed by atoms with Crippen LogP contribution in [0, 0.1) is 13.8 Å². The fourth-order valence-electron chi connectivity index (χ4n) is 3.37. The van der Waals surface area contributed by atoms with E-state index < -0.39 is 0 Å². The molecule has 3 heterocycles. The zero-order valence-electron chi connectivity index (χ0n) is 13.7. The van der Waals surface area contributed by atoms with Gasteiger partial charge in [-0.1, -0.05) is 0 Å². The van der Waals surface area contributed by atoms with Crippen LogP contribution >= 0.6 is 0 Å². The molecule has 0 radical (unpaired) electrons. The van der Waals surface area contributed by atoms with Crippen LogP contribution in [0.5, 0.6) is 0 Å². The molecule has 0 saturated carbocycles. The molecule has 1 fully saturated rings. The van der Waals surface area contributed by atoms with Gasteiger partial charge < -0.3 is 9.47 Å². The minimum atomic E-state index is 0.0845. The van der Waals surface area contributed by atoms with E-state index in [9.17, 15) is 4.79 Å². The van der Waals surface area contributed by atoms with Gasteiger partial charge in [-0.2, -0.15) is 5.10 Å². The molecule has 2 aromatic rings. The van der Waals surface area contributed by atoms with Crippen LogP contribution in [0.15, 0.2) is 12.4 Å². The van der Waals surface area contributed by atoms with Gasteiger partial charge in [0.25, 0.3) is 5.91 Å². The molecular weight excluding hydrogens is 278 g/mol. The molecule has 1 aliphatic rings. The molecule has 22 heavy (non-hydrogen) atoms. The molecule has 0 N–H and O–H groups in total. The SMILES string of the molecule is Cc1cn(C)c([C@H]2CCCN(C(=O)c3cn(C)nc3C)C2)n1. The second-order valence-electron chi connectivity index (χ2n) is 6.24. The topological polar surface area (TPSA) is 56.0 Å². The molecule has 6 nitrogen and oxygen atoms in total. The molecule has 0 aliphatic carbocycles. The lowest BCUT2D eigenvalue weighted by atomic mass is 9.96. The van der Waals surface area contributed by atoms with Gasteiger partial charge in [-0.3, -0.25) is 9.48 Å². The van der Waals surface area contributed by atoms with Gasteiger partial charge in [-0.05, 0) is 26.7 Å². The molecule has 1 aliphatic heterocycles. The predicted molar refractivity (Wildman–Crippen MR) is 83.8 cm³/mol. The van der Waals surface area contributed by atoms with Gasteiger partial charge in [0.15, 0.2) is 0 Å². The summed E-state index contributed by atoms with van der Waals surface area (Å²) in [7, 11) is 3.88. The van der Waals surface area contributed by atoms with E-state index >= 15 is 0 Å². The summed E-state index contributed by atoms with van der Waals surface area (Å²) in [5.74, 6) is 1.48. The minimum Gasteiger partial charge on any atom is -0.338 e. The van der Waals surface area contributed by atoms with E-state index in [1.807, 2.05) is 45.2 Å². The van der Waals surface area contributed by atoms with Gasteiger partial charge in [0.05, 0.1) is 17.0 Å². The normalized spacial score (nSPS) is 18.7. The highest BCUT2D eigenvalue weighted by Gasteiger charge is 2.29. The van der Waals surface area contributed by atoms with E-state index in [4.69, 9.17) is 0 Å². The van der Waals surface area contributed by atoms with Gasteiger partial charge in [-0.25, -0.2) is 4.98 Å². The Bertz CT molecular complexity index is 699. The van der Waals surface area contributed by atoms with E-state index in [2.05, 4.69) is 14.6 Å². The van der Waals surface area contributed by atoms with Crippen molar-refractivity contribution >= 4 is 5.91 Å². The maximum atomic E-state index is 12.7. The molecule has 1 amide bonds. The third kappa shape index (κ3) is 2.65. The van der Waals surface area contributed by atoms with E-state index in [-0.39, 0.29) is 5.91 Å². The zero-order valence-corrected chi connectivity index (χ0v) is 13.7. The number of hydrogen-bond donors (Lipinski definition) is 0. The maximum Gasteiger partial charge on any atom is 0.257 e. The second-order valence-corrected chi connectivity index (χ2v) is 6.24. The Kier molecular flexibility index (Phi) is 3.76. The summed E-state index contributed by atoms with van der Waals surface area (Å²) in [6.45, 7) is 5.44. The lowest BCUT2D eigenvalue weighted by Gasteiger charge is -2.32. The van der Waals surface area contributed by atoms with Crippen molar-refractivity contribution in [2.24, 2.45) is 14.1 Å². The molecule has 0 unspecified atom stereocenters. The Hall–Kier alpha value is -2.11. The Morgan fingerprint density at radius 1 is 1.27 bits per heavy atom. The maximum absolute atomic E-state index is 12.7. The first-order chi connectivity index (χ1) is 10.5. The van der Waals surface area contributed by atoms with Crippen LogP contribution in [0.25, 0.3) is 0 Å². The van der Waals surface area contributed by atoms with Crippen LogP contribution in [0.2, 0.25) is 0 Å². The first-order valence-corrected chi connectivity index (χ1v) is 7.75. The van der Waals surface area contributed by atoms with Crippen molar-refractivity contribution in [2.45, 2.75) is 32.6 Å². The fraction of sp³-hybridized carbons (Fsp3) is 0.562. The van der Waals surface area contributed by atoms with Crippen molar-refractivity contribution in [3.63, 3.8) is 0 Å². The molecule has 0 bridgehead atoms. The van der Waals surface area contributed by atoms with Crippen LogP contribution in [0.1, 0.15) is 46.3 Å². The van der Waals surface area contributed by atoms with Crippen molar-refractivity contribution in [3.05, 3.63) is 35.2 Å². The highest BCUT2D eigenvalue weighted by Crippen LogP contribution is 2.27. The minimum absolute atomic E-state index is 0.0845. The third-order valence-corrected chi connectivity index (χ3v) is 4.35. The van der Waals surface area contributed by atoms with Crippen molar-refractivity contribution in [1.82, 2.24) is 24.2 Å². The number of hydrogen-bond acceptors (Lipinski definition) is 3. The zero-order chi connectivity index (χ0) is 15.9. The van der Waals surface area contributed by atoms with Gasteiger partial charge in [0.2, 0.25) is 0 Å². The third-order valence-electron chi connectivity index (χ3n) is 4.35. The fourth-order valence-corrected chi connectivity index (χ4v) is 3.37. The Morgan fingerprint density at radius 3 is 2.64 bits per heavy atom. The van der Waals surface area contributed by atoms with Crippen LogP contribution < -0.4 is 0 Å². The number of amides is 1. The molecule has 0 aromatic carbocycles. The van der Waals surface area contributed by atoms with E-state index in [1.165, 1.54) is 0 Å². The van der Waals surface area contributed by atoms with Gasteiger partial charge in [0.1, 0.15) is 5.82 Å². The number of aryl methyl sites for hydroxylation is 4. The molecule has 2 aromatic heterocycles. The Labute approximate surface area is 130 Å². The number of rotatable bonds is 2. The molecule has 6 heteroatoms. The highest BCUT2D eigenvalue weighted by atomic mass is 16.2. The van der Waals surface area contributed by atoms with Crippen molar-refractivity contribution < 1.29 is 4.79 Å². The van der Waals surface area contributed by atoms with E-state index in [0.29, 0.717) is 11.5 Å². The molecule has 1 atom stereocenters. The number of carbonyl (C=O) groups is 1. The largest absolute Gasteiger partial charge is 0.338 e. The van der Waals surface area contributed by atoms with Gasteiger partial charge >= 0.3 is 0 Å². The number of nitrogens with zero attached hydrogens (tertiary/aromatic N) is 5. The summed E-state index contributed by atoms with van der Waals surface area (Å²) < 4.78 is 3.79. The van der Waals surface area contributed by atoms with Gasteiger partial charge in [-0.15, -0.1) is 0 Å². The van der Waals surface area contributed by atoms with Crippen LogP contribution in [-0.2, 0) is 14.1 Å². The van der Waals surface area contributed by atoms with Crippen LogP contribution in [-0.4, -0.2) is 43.2 Å². The Balaban J connectivity index is 1.80. The quantitative estimate of drug-likeness (QED) is 0.850. The first kappa shape index (κ1) is 14.8. The van der Waals surface area contributed by atoms with Crippen molar-refractivity contribution in [1.29, 1.82) is 0 Å². The number of piperidine rings is 1. The van der Waals surface area contributed by atoms with Crippen molar-refractivity contribution in [3.8, 4) is 0 Å². The number of carbonyl (C=O) groups excluding carboxylic acids is 1. The highest BCUT2D eigenvalue weighted by molar-refractivity contribution is 5.95. The van der Waals surface area contributed by atoms with E-state index in [0.717, 1.165) is 43.1 Å². The molecule has 118 valence electrons.